The van der Waals surface area contributed by atoms with Crippen LogP contribution in [0.15, 0.2) is 146 Å². The monoisotopic (exact) mass is 1150 g/mol. The first-order valence-corrected chi connectivity index (χ1v) is 34.3. The summed E-state index contributed by atoms with van der Waals surface area (Å²) in [5, 5.41) is 0. The molecule has 0 bridgehead atoms. The smallest absolute Gasteiger partial charge is 0.306 e. The van der Waals surface area contributed by atoms with Gasteiger partial charge in [0, 0.05) is 19.3 Å². The van der Waals surface area contributed by atoms with E-state index in [9.17, 15) is 14.4 Å². The Morgan fingerprint density at radius 2 is 0.482 bits per heavy atom. The number of carbonyl (C=O) groups is 3. The van der Waals surface area contributed by atoms with Crippen LogP contribution < -0.4 is 0 Å². The molecule has 0 aromatic heterocycles. The molecule has 0 saturated heterocycles. The van der Waals surface area contributed by atoms with E-state index in [4.69, 9.17) is 14.2 Å². The molecule has 0 radical (unpaired) electrons. The van der Waals surface area contributed by atoms with Crippen LogP contribution in [0.1, 0.15) is 303 Å². The van der Waals surface area contributed by atoms with E-state index in [1.54, 1.807) is 0 Å². The lowest BCUT2D eigenvalue weighted by molar-refractivity contribution is -0.167. The minimum absolute atomic E-state index is 0.111. The summed E-state index contributed by atoms with van der Waals surface area (Å²) < 4.78 is 16.9. The average Bonchev–Trinajstić information content (AvgIpc) is 3.49. The number of allylic oxidation sites excluding steroid dienone is 24. The third-order valence-corrected chi connectivity index (χ3v) is 14.3. The number of rotatable bonds is 61. The summed E-state index contributed by atoms with van der Waals surface area (Å²) in [7, 11) is 0. The van der Waals surface area contributed by atoms with Crippen LogP contribution in [0.4, 0.5) is 0 Å². The molecule has 0 aliphatic carbocycles. The molecule has 0 aromatic carbocycles. The van der Waals surface area contributed by atoms with Crippen LogP contribution >= 0.6 is 0 Å². The van der Waals surface area contributed by atoms with Crippen LogP contribution in [0, 0.1) is 0 Å². The highest BCUT2D eigenvalue weighted by atomic mass is 16.6. The lowest BCUT2D eigenvalue weighted by Gasteiger charge is -2.18. The van der Waals surface area contributed by atoms with Crippen LogP contribution in [0.5, 0.6) is 0 Å². The molecule has 0 N–H and O–H groups in total. The fourth-order valence-electron chi connectivity index (χ4n) is 9.18. The second-order valence-electron chi connectivity index (χ2n) is 22.3. The van der Waals surface area contributed by atoms with Gasteiger partial charge in [0.1, 0.15) is 13.2 Å². The molecule has 0 saturated carbocycles. The summed E-state index contributed by atoms with van der Waals surface area (Å²) in [6.45, 7) is 6.44. The molecule has 0 aliphatic heterocycles. The SMILES string of the molecule is CC/C=C\C/C=C\C/C=C\C/C=C\C/C=C\C/C=C\C/C=C\CCCC(=O)OC(COC(=O)CCCCCCC/C=C\C/C=C\CCCCC)COC(=O)CCCCCCCCCCCCCC/C=C\C/C=C\C/C=C\CCCCCCC. The Labute approximate surface area is 512 Å². The van der Waals surface area contributed by atoms with Crippen LogP contribution in [0.25, 0.3) is 0 Å². The Balaban J connectivity index is 4.45. The zero-order valence-corrected chi connectivity index (χ0v) is 53.9. The number of esters is 3. The maximum absolute atomic E-state index is 12.9. The summed E-state index contributed by atoms with van der Waals surface area (Å²) in [5.74, 6) is -0.984. The molecule has 470 valence electrons. The standard InChI is InChI=1S/C77H126O6/c1-4-7-10-13-16-19-22-25-28-30-32-34-36-37-38-39-41-42-44-46-49-52-55-58-61-64-67-70-76(79)82-73-74(72-81-75(78)69-66-63-60-57-54-51-48-27-24-21-18-15-12-9-6-3)83-77(80)71-68-65-62-59-56-53-50-47-45-43-40-35-33-31-29-26-23-20-17-14-11-8-5-2/h8,11,17-18,20-22,25-27,29-30,32-33,35-37,43,45,48,50,53,59,62,74H,4-7,9-10,12-16,19,23-24,28,31,34,38-42,44,46-47,49,51-52,54-58,60-61,63-73H2,1-3H3/b11-8-,20-17-,21-18-,25-22-,29-26-,32-30-,35-33-,37-36-,45-43-,48-27-,53-50-,62-59-. The fourth-order valence-corrected chi connectivity index (χ4v) is 9.18. The van der Waals surface area contributed by atoms with Crippen LogP contribution in [0.3, 0.4) is 0 Å². The third kappa shape index (κ3) is 68.0. The Morgan fingerprint density at radius 1 is 0.253 bits per heavy atom. The number of hydrogen-bond donors (Lipinski definition) is 0. The predicted molar refractivity (Wildman–Crippen MR) is 362 cm³/mol. The van der Waals surface area contributed by atoms with E-state index in [2.05, 4.69) is 167 Å². The van der Waals surface area contributed by atoms with Crippen LogP contribution in [-0.4, -0.2) is 37.2 Å². The third-order valence-electron chi connectivity index (χ3n) is 14.3. The van der Waals surface area contributed by atoms with Crippen molar-refractivity contribution in [3.63, 3.8) is 0 Å². The Kier molecular flexibility index (Phi) is 65.8. The summed E-state index contributed by atoms with van der Waals surface area (Å²) in [4.78, 5) is 38.4. The van der Waals surface area contributed by atoms with Gasteiger partial charge in [0.05, 0.1) is 0 Å². The van der Waals surface area contributed by atoms with E-state index in [-0.39, 0.29) is 37.5 Å². The Bertz CT molecular complexity index is 1800. The molecule has 83 heavy (non-hydrogen) atoms. The number of hydrogen-bond acceptors (Lipinski definition) is 6. The fraction of sp³-hybridized carbons (Fsp3) is 0.649. The second kappa shape index (κ2) is 69.8. The van der Waals surface area contributed by atoms with E-state index in [1.165, 1.54) is 128 Å². The molecule has 6 heteroatoms. The number of ether oxygens (including phenoxy) is 3. The van der Waals surface area contributed by atoms with Crippen molar-refractivity contribution in [1.82, 2.24) is 0 Å². The van der Waals surface area contributed by atoms with Crippen molar-refractivity contribution < 1.29 is 28.6 Å². The molecular weight excluding hydrogens is 1020 g/mol. The molecule has 1 atom stereocenters. The van der Waals surface area contributed by atoms with Crippen molar-refractivity contribution in [1.29, 1.82) is 0 Å². The zero-order valence-electron chi connectivity index (χ0n) is 53.9. The quantitative estimate of drug-likeness (QED) is 0.0261. The predicted octanol–water partition coefficient (Wildman–Crippen LogP) is 23.9. The van der Waals surface area contributed by atoms with Crippen LogP contribution in [-0.2, 0) is 28.6 Å². The largest absolute Gasteiger partial charge is 0.462 e. The molecule has 0 spiro atoms. The van der Waals surface area contributed by atoms with Crippen molar-refractivity contribution >= 4 is 17.9 Å². The molecule has 6 nitrogen and oxygen atoms in total. The normalized spacial score (nSPS) is 13.0. The molecule has 0 aliphatic rings. The maximum atomic E-state index is 12.9. The van der Waals surface area contributed by atoms with Gasteiger partial charge in [-0.2, -0.15) is 0 Å². The van der Waals surface area contributed by atoms with Gasteiger partial charge in [-0.15, -0.1) is 0 Å². The van der Waals surface area contributed by atoms with Crippen molar-refractivity contribution in [3.05, 3.63) is 146 Å². The van der Waals surface area contributed by atoms with Crippen molar-refractivity contribution in [3.8, 4) is 0 Å². The highest BCUT2D eigenvalue weighted by Crippen LogP contribution is 2.15. The summed E-state index contributed by atoms with van der Waals surface area (Å²) in [6, 6.07) is 0. The lowest BCUT2D eigenvalue weighted by Crippen LogP contribution is -2.30. The molecule has 0 heterocycles. The maximum Gasteiger partial charge on any atom is 0.306 e. The van der Waals surface area contributed by atoms with Gasteiger partial charge in [-0.05, 0) is 141 Å². The number of unbranched alkanes of at least 4 members (excludes halogenated alkanes) is 26. The topological polar surface area (TPSA) is 78.9 Å². The van der Waals surface area contributed by atoms with E-state index < -0.39 is 6.10 Å². The zero-order chi connectivity index (χ0) is 59.9. The molecule has 0 aromatic rings. The van der Waals surface area contributed by atoms with Gasteiger partial charge in [-0.25, -0.2) is 0 Å². The summed E-state index contributed by atoms with van der Waals surface area (Å²) in [5.41, 5.74) is 0. The van der Waals surface area contributed by atoms with Crippen molar-refractivity contribution in [2.75, 3.05) is 13.2 Å². The first-order chi connectivity index (χ1) is 41.0. The minimum Gasteiger partial charge on any atom is -0.462 e. The molecular formula is C77H126O6. The van der Waals surface area contributed by atoms with Gasteiger partial charge in [0.25, 0.3) is 0 Å². The summed E-state index contributed by atoms with van der Waals surface area (Å²) >= 11 is 0. The van der Waals surface area contributed by atoms with E-state index in [1.807, 2.05) is 0 Å². The highest BCUT2D eigenvalue weighted by molar-refractivity contribution is 5.71. The number of carbonyl (C=O) groups excluding carboxylic acids is 3. The Morgan fingerprint density at radius 3 is 0.795 bits per heavy atom. The van der Waals surface area contributed by atoms with Gasteiger partial charge < -0.3 is 14.2 Å². The van der Waals surface area contributed by atoms with Gasteiger partial charge in [0.2, 0.25) is 0 Å². The average molecular weight is 1150 g/mol. The highest BCUT2D eigenvalue weighted by Gasteiger charge is 2.19. The van der Waals surface area contributed by atoms with Crippen molar-refractivity contribution in [2.24, 2.45) is 0 Å². The van der Waals surface area contributed by atoms with Crippen molar-refractivity contribution in [2.45, 2.75) is 309 Å². The van der Waals surface area contributed by atoms with Gasteiger partial charge in [-0.1, -0.05) is 289 Å². The van der Waals surface area contributed by atoms with E-state index in [0.717, 1.165) is 128 Å². The van der Waals surface area contributed by atoms with E-state index >= 15 is 0 Å². The van der Waals surface area contributed by atoms with E-state index in [0.29, 0.717) is 19.3 Å². The lowest BCUT2D eigenvalue weighted by atomic mass is 10.0. The first kappa shape index (κ1) is 78.3. The summed E-state index contributed by atoms with van der Waals surface area (Å²) in [6.07, 6.45) is 100. The van der Waals surface area contributed by atoms with Gasteiger partial charge in [-0.3, -0.25) is 14.4 Å². The molecule has 0 amide bonds. The Hall–Kier alpha value is -4.71. The minimum atomic E-state index is -0.823. The molecule has 0 rings (SSSR count). The molecule has 1 unspecified atom stereocenters. The van der Waals surface area contributed by atoms with Gasteiger partial charge >= 0.3 is 17.9 Å². The van der Waals surface area contributed by atoms with Gasteiger partial charge in [0.15, 0.2) is 6.10 Å². The van der Waals surface area contributed by atoms with Crippen LogP contribution in [0.2, 0.25) is 0 Å². The first-order valence-electron chi connectivity index (χ1n) is 34.3. The molecule has 0 fully saturated rings. The second-order valence-corrected chi connectivity index (χ2v) is 22.3.